The van der Waals surface area contributed by atoms with Gasteiger partial charge in [0.05, 0.1) is 24.9 Å². The molecule has 0 aromatic rings. The number of fused-ring (bicyclic) bond motifs is 1. The van der Waals surface area contributed by atoms with Crippen LogP contribution < -0.4 is 0 Å². The van der Waals surface area contributed by atoms with Crippen LogP contribution in [0.4, 0.5) is 0 Å². The highest BCUT2D eigenvalue weighted by atomic mass is 16.5. The minimum absolute atomic E-state index is 0.0283. The summed E-state index contributed by atoms with van der Waals surface area (Å²) in [5.74, 6) is -0.640. The van der Waals surface area contributed by atoms with Crippen LogP contribution in [0.15, 0.2) is 16.3 Å². The third kappa shape index (κ3) is 7.38. The van der Waals surface area contributed by atoms with Crippen LogP contribution in [-0.2, 0) is 19.0 Å². The maximum Gasteiger partial charge on any atom is 0.343 e. The number of dihydropyridines is 1. The summed E-state index contributed by atoms with van der Waals surface area (Å²) in [4.78, 5) is 16.6. The largest absolute Gasteiger partial charge is 0.511 e. The van der Waals surface area contributed by atoms with Crippen molar-refractivity contribution < 1.29 is 24.1 Å². The van der Waals surface area contributed by atoms with Crippen molar-refractivity contribution in [3.05, 3.63) is 11.3 Å². The second-order valence-electron chi connectivity index (χ2n) is 8.32. The number of carbonyl (C=O) groups excluding carboxylic acids is 1. The number of hydrogen-bond acceptors (Lipinski definition) is 6. The summed E-state index contributed by atoms with van der Waals surface area (Å²) in [5.41, 5.74) is 0.176. The summed E-state index contributed by atoms with van der Waals surface area (Å²) < 4.78 is 17.2. The Bertz CT molecular complexity index is 574. The quantitative estimate of drug-likeness (QED) is 0.309. The van der Waals surface area contributed by atoms with Crippen LogP contribution in [0.3, 0.4) is 0 Å². The van der Waals surface area contributed by atoms with E-state index in [1.165, 1.54) is 51.2 Å². The fourth-order valence-corrected chi connectivity index (χ4v) is 4.41. The Labute approximate surface area is 182 Å². The van der Waals surface area contributed by atoms with Crippen LogP contribution in [0.1, 0.15) is 85.0 Å². The molecule has 0 spiro atoms. The van der Waals surface area contributed by atoms with Gasteiger partial charge in [-0.2, -0.15) is 0 Å². The summed E-state index contributed by atoms with van der Waals surface area (Å²) >= 11 is 0. The topological polar surface area (TPSA) is 77.4 Å². The second kappa shape index (κ2) is 13.8. The molecular formula is C24H41NO5. The zero-order valence-electron chi connectivity index (χ0n) is 19.1. The molecule has 4 atom stereocenters. The van der Waals surface area contributed by atoms with Gasteiger partial charge in [-0.05, 0) is 33.1 Å². The number of ether oxygens (including phenoxy) is 3. The van der Waals surface area contributed by atoms with Gasteiger partial charge in [-0.15, -0.1) is 0 Å². The molecule has 2 aliphatic rings. The number of carbonyl (C=O) groups is 1. The summed E-state index contributed by atoms with van der Waals surface area (Å²) in [7, 11) is 0. The average Bonchev–Trinajstić information content (AvgIpc) is 2.73. The van der Waals surface area contributed by atoms with Gasteiger partial charge in [0.25, 0.3) is 0 Å². The van der Waals surface area contributed by atoms with Gasteiger partial charge in [0.1, 0.15) is 11.3 Å². The molecule has 1 saturated carbocycles. The molecule has 0 saturated heterocycles. The van der Waals surface area contributed by atoms with E-state index < -0.39 is 5.97 Å². The maximum absolute atomic E-state index is 12.1. The molecule has 0 aromatic heterocycles. The lowest BCUT2D eigenvalue weighted by molar-refractivity contribution is -0.138. The van der Waals surface area contributed by atoms with E-state index in [1.807, 2.05) is 6.92 Å². The van der Waals surface area contributed by atoms with Crippen molar-refractivity contribution >= 4 is 12.2 Å². The number of esters is 1. The zero-order chi connectivity index (χ0) is 21.8. The predicted molar refractivity (Wildman–Crippen MR) is 119 cm³/mol. The fraction of sp³-hybridized carbons (Fsp3) is 0.833. The van der Waals surface area contributed by atoms with Crippen molar-refractivity contribution in [2.45, 2.75) is 103 Å². The van der Waals surface area contributed by atoms with Gasteiger partial charge in [-0.25, -0.2) is 4.79 Å². The van der Waals surface area contributed by atoms with Crippen molar-refractivity contribution in [1.82, 2.24) is 0 Å². The summed E-state index contributed by atoms with van der Waals surface area (Å²) in [6.45, 7) is 7.59. The Balaban J connectivity index is 1.84. The highest BCUT2D eigenvalue weighted by Crippen LogP contribution is 2.37. The number of nitrogens with zero attached hydrogens (tertiary/aromatic N) is 1. The predicted octanol–water partition coefficient (Wildman–Crippen LogP) is 5.16. The fourth-order valence-electron chi connectivity index (χ4n) is 4.41. The van der Waals surface area contributed by atoms with E-state index in [-0.39, 0.29) is 42.1 Å². The Morgan fingerprint density at radius 3 is 2.30 bits per heavy atom. The van der Waals surface area contributed by atoms with Crippen LogP contribution in [0.2, 0.25) is 0 Å². The van der Waals surface area contributed by atoms with E-state index >= 15 is 0 Å². The van der Waals surface area contributed by atoms with E-state index in [0.29, 0.717) is 26.1 Å². The lowest BCUT2D eigenvalue weighted by Gasteiger charge is -2.40. The molecule has 0 bridgehead atoms. The summed E-state index contributed by atoms with van der Waals surface area (Å²) in [5, 5.41) is 10.7. The SMILES string of the molecule is CCCCCCCCCCOC1CC2C(O)=C(C(=O)OCC)C=NC2CC1OCC. The van der Waals surface area contributed by atoms with Gasteiger partial charge in [0.2, 0.25) is 0 Å². The summed E-state index contributed by atoms with van der Waals surface area (Å²) in [6.07, 6.45) is 12.8. The molecule has 0 amide bonds. The van der Waals surface area contributed by atoms with E-state index in [0.717, 1.165) is 6.42 Å². The smallest absolute Gasteiger partial charge is 0.343 e. The Morgan fingerprint density at radius 2 is 1.63 bits per heavy atom. The highest BCUT2D eigenvalue weighted by Gasteiger charge is 2.43. The van der Waals surface area contributed by atoms with Crippen molar-refractivity contribution in [2.24, 2.45) is 10.9 Å². The van der Waals surface area contributed by atoms with Gasteiger partial charge in [-0.1, -0.05) is 51.9 Å². The number of aliphatic imine (C=N–C) groups is 1. The maximum atomic E-state index is 12.1. The molecule has 4 unspecified atom stereocenters. The lowest BCUT2D eigenvalue weighted by atomic mass is 9.78. The number of aliphatic hydroxyl groups excluding tert-OH is 1. The van der Waals surface area contributed by atoms with Gasteiger partial charge in [-0.3, -0.25) is 4.99 Å². The molecule has 2 rings (SSSR count). The van der Waals surface area contributed by atoms with Crippen LogP contribution in [-0.4, -0.2) is 55.4 Å². The average molecular weight is 424 g/mol. The minimum Gasteiger partial charge on any atom is -0.511 e. The van der Waals surface area contributed by atoms with Gasteiger partial charge < -0.3 is 19.3 Å². The Morgan fingerprint density at radius 1 is 0.967 bits per heavy atom. The van der Waals surface area contributed by atoms with Crippen molar-refractivity contribution in [3.8, 4) is 0 Å². The van der Waals surface area contributed by atoms with E-state index in [1.54, 1.807) is 6.92 Å². The number of rotatable bonds is 14. The molecule has 1 fully saturated rings. The molecule has 1 N–H and O–H groups in total. The molecule has 6 nitrogen and oxygen atoms in total. The number of hydrogen-bond donors (Lipinski definition) is 1. The summed E-state index contributed by atoms with van der Waals surface area (Å²) in [6, 6.07) is -0.0808. The van der Waals surface area contributed by atoms with Gasteiger partial charge in [0.15, 0.2) is 0 Å². The molecule has 1 aliphatic carbocycles. The van der Waals surface area contributed by atoms with Gasteiger partial charge in [0, 0.05) is 25.3 Å². The normalized spacial score (nSPS) is 26.0. The van der Waals surface area contributed by atoms with E-state index in [4.69, 9.17) is 14.2 Å². The monoisotopic (exact) mass is 423 g/mol. The Hall–Kier alpha value is -1.40. The van der Waals surface area contributed by atoms with E-state index in [9.17, 15) is 9.90 Å². The number of unbranched alkanes of at least 4 members (excludes halogenated alkanes) is 7. The third-order valence-corrected chi connectivity index (χ3v) is 6.07. The third-order valence-electron chi connectivity index (χ3n) is 6.07. The molecule has 0 radical (unpaired) electrons. The first-order valence-corrected chi connectivity index (χ1v) is 12.0. The Kier molecular flexibility index (Phi) is 11.4. The molecule has 172 valence electrons. The lowest BCUT2D eigenvalue weighted by Crippen LogP contribution is -2.46. The van der Waals surface area contributed by atoms with Crippen LogP contribution in [0, 0.1) is 5.92 Å². The first kappa shape index (κ1) is 24.9. The number of aliphatic hydroxyl groups is 1. The molecule has 1 heterocycles. The van der Waals surface area contributed by atoms with Crippen LogP contribution in [0.5, 0.6) is 0 Å². The van der Waals surface area contributed by atoms with Gasteiger partial charge >= 0.3 is 5.97 Å². The first-order chi connectivity index (χ1) is 14.6. The first-order valence-electron chi connectivity index (χ1n) is 12.0. The second-order valence-corrected chi connectivity index (χ2v) is 8.32. The van der Waals surface area contributed by atoms with Crippen LogP contribution >= 0.6 is 0 Å². The van der Waals surface area contributed by atoms with Crippen molar-refractivity contribution in [2.75, 3.05) is 19.8 Å². The molecule has 1 aliphatic heterocycles. The zero-order valence-corrected chi connectivity index (χ0v) is 19.1. The highest BCUT2D eigenvalue weighted by molar-refractivity contribution is 6.10. The van der Waals surface area contributed by atoms with Crippen molar-refractivity contribution in [3.63, 3.8) is 0 Å². The molecule has 0 aromatic carbocycles. The van der Waals surface area contributed by atoms with Crippen LogP contribution in [0.25, 0.3) is 0 Å². The molecule has 30 heavy (non-hydrogen) atoms. The van der Waals surface area contributed by atoms with E-state index in [2.05, 4.69) is 11.9 Å². The van der Waals surface area contributed by atoms with Crippen molar-refractivity contribution in [1.29, 1.82) is 0 Å². The standard InChI is InChI=1S/C24H41NO5/c1-4-7-8-9-10-11-12-13-14-30-21-15-18-20(16-22(21)28-5-2)25-17-19(23(18)26)24(27)29-6-3/h17-18,20-22,26H,4-16H2,1-3H3. The molecular weight excluding hydrogens is 382 g/mol. The minimum atomic E-state index is -0.513. The molecule has 6 heteroatoms.